The SMILES string of the molecule is O=C(c1ccc(Cl)cc1)N1CCN=C1N1CCN(c2ccc(F)cc2)CC1. The number of anilines is 1. The van der Waals surface area contributed by atoms with Crippen molar-refractivity contribution in [3.05, 3.63) is 64.9 Å². The van der Waals surface area contributed by atoms with E-state index in [2.05, 4.69) is 14.8 Å². The zero-order valence-corrected chi connectivity index (χ0v) is 15.6. The molecule has 2 aromatic rings. The Bertz CT molecular complexity index is 845. The molecule has 0 saturated carbocycles. The molecule has 0 radical (unpaired) electrons. The zero-order valence-electron chi connectivity index (χ0n) is 14.8. The van der Waals surface area contributed by atoms with Crippen LogP contribution in [-0.4, -0.2) is 60.9 Å². The quantitative estimate of drug-likeness (QED) is 0.796. The predicted molar refractivity (Wildman–Crippen MR) is 105 cm³/mol. The minimum atomic E-state index is -0.228. The smallest absolute Gasteiger partial charge is 0.260 e. The molecule has 140 valence electrons. The molecule has 5 nitrogen and oxygen atoms in total. The molecular formula is C20H20ClFN4O. The van der Waals surface area contributed by atoms with Crippen LogP contribution >= 0.6 is 11.6 Å². The summed E-state index contributed by atoms with van der Waals surface area (Å²) < 4.78 is 13.1. The number of nitrogens with zero attached hydrogens (tertiary/aromatic N) is 4. The van der Waals surface area contributed by atoms with Gasteiger partial charge in [-0.15, -0.1) is 0 Å². The summed E-state index contributed by atoms with van der Waals surface area (Å²) in [6, 6.07) is 13.5. The predicted octanol–water partition coefficient (Wildman–Crippen LogP) is 3.11. The van der Waals surface area contributed by atoms with Crippen molar-refractivity contribution in [1.29, 1.82) is 0 Å². The molecule has 4 rings (SSSR count). The van der Waals surface area contributed by atoms with E-state index >= 15 is 0 Å². The zero-order chi connectivity index (χ0) is 18.8. The van der Waals surface area contributed by atoms with Gasteiger partial charge in [0.2, 0.25) is 5.96 Å². The summed E-state index contributed by atoms with van der Waals surface area (Å²) in [6.07, 6.45) is 0. The highest BCUT2D eigenvalue weighted by Gasteiger charge is 2.30. The molecule has 0 unspecified atom stereocenters. The van der Waals surface area contributed by atoms with Gasteiger partial charge in [-0.1, -0.05) is 11.6 Å². The molecular weight excluding hydrogens is 367 g/mol. The minimum absolute atomic E-state index is 0.0520. The average molecular weight is 387 g/mol. The fourth-order valence-electron chi connectivity index (χ4n) is 3.46. The lowest BCUT2D eigenvalue weighted by Gasteiger charge is -2.38. The van der Waals surface area contributed by atoms with Crippen LogP contribution in [0.2, 0.25) is 5.02 Å². The number of guanidine groups is 1. The van der Waals surface area contributed by atoms with Crippen LogP contribution in [-0.2, 0) is 0 Å². The number of hydrogen-bond donors (Lipinski definition) is 0. The van der Waals surface area contributed by atoms with E-state index in [9.17, 15) is 9.18 Å². The van der Waals surface area contributed by atoms with Crippen LogP contribution in [0.4, 0.5) is 10.1 Å². The van der Waals surface area contributed by atoms with E-state index in [1.807, 2.05) is 0 Å². The van der Waals surface area contributed by atoms with Crippen molar-refractivity contribution >= 4 is 29.2 Å². The Morgan fingerprint density at radius 3 is 2.19 bits per heavy atom. The molecule has 0 spiro atoms. The molecule has 0 atom stereocenters. The average Bonchev–Trinajstić information content (AvgIpc) is 3.19. The lowest BCUT2D eigenvalue weighted by molar-refractivity contribution is 0.0843. The fraction of sp³-hybridized carbons (Fsp3) is 0.300. The molecule has 2 aliphatic rings. The molecule has 0 N–H and O–H groups in total. The first-order chi connectivity index (χ1) is 13.1. The fourth-order valence-corrected chi connectivity index (χ4v) is 3.59. The summed E-state index contributed by atoms with van der Waals surface area (Å²) >= 11 is 5.92. The van der Waals surface area contributed by atoms with E-state index in [0.717, 1.165) is 37.8 Å². The minimum Gasteiger partial charge on any atom is -0.368 e. The van der Waals surface area contributed by atoms with Crippen molar-refractivity contribution in [3.8, 4) is 0 Å². The van der Waals surface area contributed by atoms with E-state index in [1.54, 1.807) is 41.3 Å². The van der Waals surface area contributed by atoms with Crippen LogP contribution < -0.4 is 4.90 Å². The molecule has 0 aliphatic carbocycles. The van der Waals surface area contributed by atoms with Crippen LogP contribution in [0.1, 0.15) is 10.4 Å². The van der Waals surface area contributed by atoms with Gasteiger partial charge in [0.1, 0.15) is 5.82 Å². The molecule has 2 heterocycles. The van der Waals surface area contributed by atoms with E-state index < -0.39 is 0 Å². The summed E-state index contributed by atoms with van der Waals surface area (Å²) in [5.74, 6) is 0.464. The first-order valence-electron chi connectivity index (χ1n) is 8.99. The van der Waals surface area contributed by atoms with Crippen molar-refractivity contribution < 1.29 is 9.18 Å². The third-order valence-corrected chi connectivity index (χ3v) is 5.16. The highest BCUT2D eigenvalue weighted by molar-refractivity contribution is 6.30. The van der Waals surface area contributed by atoms with Gasteiger partial charge < -0.3 is 9.80 Å². The lowest BCUT2D eigenvalue weighted by atomic mass is 10.2. The van der Waals surface area contributed by atoms with Gasteiger partial charge in [0.05, 0.1) is 6.54 Å². The van der Waals surface area contributed by atoms with Crippen LogP contribution in [0.15, 0.2) is 53.5 Å². The van der Waals surface area contributed by atoms with Gasteiger partial charge >= 0.3 is 0 Å². The maximum Gasteiger partial charge on any atom is 0.260 e. The van der Waals surface area contributed by atoms with Crippen molar-refractivity contribution in [1.82, 2.24) is 9.80 Å². The first-order valence-corrected chi connectivity index (χ1v) is 9.37. The second kappa shape index (κ2) is 7.56. The number of carbonyl (C=O) groups excluding carboxylic acids is 1. The Kier molecular flexibility index (Phi) is 4.99. The summed E-state index contributed by atoms with van der Waals surface area (Å²) in [5.41, 5.74) is 1.62. The van der Waals surface area contributed by atoms with Crippen LogP contribution in [0.3, 0.4) is 0 Å². The van der Waals surface area contributed by atoms with E-state index in [0.29, 0.717) is 23.7 Å². The Hall–Kier alpha value is -2.60. The van der Waals surface area contributed by atoms with Gasteiger partial charge in [-0.3, -0.25) is 14.7 Å². The van der Waals surface area contributed by atoms with Crippen molar-refractivity contribution in [2.45, 2.75) is 0 Å². The normalized spacial score (nSPS) is 17.3. The van der Waals surface area contributed by atoms with E-state index in [-0.39, 0.29) is 11.7 Å². The van der Waals surface area contributed by atoms with Gasteiger partial charge in [-0.05, 0) is 48.5 Å². The molecule has 2 aliphatic heterocycles. The lowest BCUT2D eigenvalue weighted by Crippen LogP contribution is -2.53. The van der Waals surface area contributed by atoms with Crippen molar-refractivity contribution in [2.24, 2.45) is 4.99 Å². The maximum atomic E-state index is 13.1. The van der Waals surface area contributed by atoms with Crippen LogP contribution in [0, 0.1) is 5.82 Å². The van der Waals surface area contributed by atoms with E-state index in [1.165, 1.54) is 12.1 Å². The number of amides is 1. The van der Waals surface area contributed by atoms with Crippen LogP contribution in [0.25, 0.3) is 0 Å². The van der Waals surface area contributed by atoms with Gasteiger partial charge in [-0.25, -0.2) is 4.39 Å². The van der Waals surface area contributed by atoms with Gasteiger partial charge in [-0.2, -0.15) is 0 Å². The number of aliphatic imine (C=N–C) groups is 1. The Morgan fingerprint density at radius 1 is 0.889 bits per heavy atom. The van der Waals surface area contributed by atoms with Gasteiger partial charge in [0.15, 0.2) is 0 Å². The molecule has 1 amide bonds. The highest BCUT2D eigenvalue weighted by Crippen LogP contribution is 2.20. The first kappa shape index (κ1) is 17.8. The topological polar surface area (TPSA) is 39.2 Å². The third-order valence-electron chi connectivity index (χ3n) is 4.91. The number of piperazine rings is 1. The Morgan fingerprint density at radius 2 is 1.52 bits per heavy atom. The summed E-state index contributed by atoms with van der Waals surface area (Å²) in [7, 11) is 0. The highest BCUT2D eigenvalue weighted by atomic mass is 35.5. The monoisotopic (exact) mass is 386 g/mol. The van der Waals surface area contributed by atoms with Crippen molar-refractivity contribution in [3.63, 3.8) is 0 Å². The molecule has 0 bridgehead atoms. The largest absolute Gasteiger partial charge is 0.368 e. The second-order valence-electron chi connectivity index (χ2n) is 6.60. The Balaban J connectivity index is 1.42. The van der Waals surface area contributed by atoms with Crippen molar-refractivity contribution in [2.75, 3.05) is 44.2 Å². The molecule has 1 saturated heterocycles. The number of hydrogen-bond acceptors (Lipinski definition) is 4. The molecule has 27 heavy (non-hydrogen) atoms. The second-order valence-corrected chi connectivity index (χ2v) is 7.03. The third kappa shape index (κ3) is 3.76. The molecule has 2 aromatic carbocycles. The van der Waals surface area contributed by atoms with Gasteiger partial charge in [0.25, 0.3) is 5.91 Å². The number of halogens is 2. The molecule has 7 heteroatoms. The van der Waals surface area contributed by atoms with E-state index in [4.69, 9.17) is 11.6 Å². The summed E-state index contributed by atoms with van der Waals surface area (Å²) in [4.78, 5) is 23.5. The maximum absolute atomic E-state index is 13.1. The summed E-state index contributed by atoms with van der Waals surface area (Å²) in [5, 5.41) is 0.610. The van der Waals surface area contributed by atoms with Crippen LogP contribution in [0.5, 0.6) is 0 Å². The Labute approximate surface area is 162 Å². The number of benzene rings is 2. The number of carbonyl (C=O) groups is 1. The van der Waals surface area contributed by atoms with Gasteiger partial charge in [0, 0.05) is 49.0 Å². The standard InChI is InChI=1S/C20H20ClFN4O/c21-16-3-1-15(2-4-16)19(27)26-10-9-23-20(26)25-13-11-24(12-14-25)18-7-5-17(22)6-8-18/h1-8H,9-14H2. The molecule has 0 aromatic heterocycles. The number of rotatable bonds is 2. The summed E-state index contributed by atoms with van der Waals surface area (Å²) in [6.45, 7) is 4.34. The molecule has 1 fully saturated rings.